The first-order chi connectivity index (χ1) is 18.4. The van der Waals surface area contributed by atoms with Gasteiger partial charge in [0.1, 0.15) is 12.4 Å². The molecular formula is C29H21FN2O6. The van der Waals surface area contributed by atoms with Crippen LogP contribution in [0.4, 0.5) is 4.39 Å². The molecule has 0 fully saturated rings. The van der Waals surface area contributed by atoms with Crippen molar-refractivity contribution in [3.05, 3.63) is 86.5 Å². The van der Waals surface area contributed by atoms with Gasteiger partial charge >= 0.3 is 5.97 Å². The lowest BCUT2D eigenvalue weighted by Gasteiger charge is -2.31. The van der Waals surface area contributed by atoms with Crippen LogP contribution in [0.3, 0.4) is 0 Å². The van der Waals surface area contributed by atoms with E-state index in [-0.39, 0.29) is 48.9 Å². The number of hydrogen-bond acceptors (Lipinski definition) is 7. The summed E-state index contributed by atoms with van der Waals surface area (Å²) in [6.45, 7) is 1.83. The molecule has 8 nitrogen and oxygen atoms in total. The summed E-state index contributed by atoms with van der Waals surface area (Å²) in [6.07, 6.45) is 3.86. The monoisotopic (exact) mass is 512 g/mol. The molecule has 4 aromatic rings. The summed E-state index contributed by atoms with van der Waals surface area (Å²) in [5.74, 6) is 0.0837. The van der Waals surface area contributed by atoms with Crippen molar-refractivity contribution >= 4 is 29.0 Å². The van der Waals surface area contributed by atoms with Crippen molar-refractivity contribution in [3.8, 4) is 22.9 Å². The van der Waals surface area contributed by atoms with Crippen LogP contribution in [0.5, 0.6) is 11.5 Å². The first kappa shape index (κ1) is 22.7. The maximum absolute atomic E-state index is 13.6. The highest BCUT2D eigenvalue weighted by molar-refractivity contribution is 5.97. The molecule has 0 radical (unpaired) electrons. The van der Waals surface area contributed by atoms with E-state index in [0.29, 0.717) is 28.4 Å². The predicted octanol–water partition coefficient (Wildman–Crippen LogP) is 4.12. The van der Waals surface area contributed by atoms with Crippen LogP contribution >= 0.6 is 0 Å². The lowest BCUT2D eigenvalue weighted by atomic mass is 9.86. The number of fused-ring (bicyclic) bond motifs is 6. The van der Waals surface area contributed by atoms with Gasteiger partial charge in [-0.1, -0.05) is 31.2 Å². The van der Waals surface area contributed by atoms with E-state index in [9.17, 15) is 19.1 Å². The zero-order valence-electron chi connectivity index (χ0n) is 20.3. The Bertz CT molecular complexity index is 1780. The van der Waals surface area contributed by atoms with Crippen molar-refractivity contribution in [3.63, 3.8) is 0 Å². The zero-order chi connectivity index (χ0) is 26.2. The predicted molar refractivity (Wildman–Crippen MR) is 136 cm³/mol. The number of aromatic nitrogens is 2. The summed E-state index contributed by atoms with van der Waals surface area (Å²) in [7, 11) is 0. The minimum atomic E-state index is -1.90. The molecule has 3 aliphatic rings. The Morgan fingerprint density at radius 3 is 2.58 bits per heavy atom. The number of rotatable bonds is 3. The van der Waals surface area contributed by atoms with Gasteiger partial charge in [0, 0.05) is 22.6 Å². The number of cyclic esters (lactones) is 1. The van der Waals surface area contributed by atoms with Gasteiger partial charge in [0.15, 0.2) is 17.1 Å². The molecule has 1 atom stereocenters. The molecule has 0 saturated heterocycles. The van der Waals surface area contributed by atoms with E-state index >= 15 is 0 Å². The second kappa shape index (κ2) is 8.00. The van der Waals surface area contributed by atoms with E-state index in [1.54, 1.807) is 35.8 Å². The third kappa shape index (κ3) is 3.15. The lowest BCUT2D eigenvalue weighted by Crippen LogP contribution is -2.44. The number of ether oxygens (including phenoxy) is 3. The lowest BCUT2D eigenvalue weighted by molar-refractivity contribution is -0.172. The number of carbonyl (C=O) groups is 1. The topological polar surface area (TPSA) is 99.9 Å². The summed E-state index contributed by atoms with van der Waals surface area (Å²) in [4.78, 5) is 31.0. The van der Waals surface area contributed by atoms with Crippen LogP contribution in [-0.2, 0) is 28.3 Å². The second-order valence-corrected chi connectivity index (χ2v) is 9.56. The van der Waals surface area contributed by atoms with E-state index in [4.69, 9.17) is 19.2 Å². The molecule has 2 aromatic carbocycles. The fourth-order valence-corrected chi connectivity index (χ4v) is 5.44. The number of esters is 1. The molecule has 5 heterocycles. The van der Waals surface area contributed by atoms with Gasteiger partial charge < -0.3 is 23.9 Å². The van der Waals surface area contributed by atoms with Crippen LogP contribution in [0, 0.1) is 5.82 Å². The quantitative estimate of drug-likeness (QED) is 0.363. The first-order valence-corrected chi connectivity index (χ1v) is 12.2. The second-order valence-electron chi connectivity index (χ2n) is 9.56. The van der Waals surface area contributed by atoms with Crippen molar-refractivity contribution < 1.29 is 28.5 Å². The summed E-state index contributed by atoms with van der Waals surface area (Å²) in [6, 6.07) is 11.5. The van der Waals surface area contributed by atoms with E-state index < -0.39 is 11.6 Å². The minimum absolute atomic E-state index is 0.0644. The molecule has 7 rings (SSSR count). The number of nitrogens with zero attached hydrogens (tertiary/aromatic N) is 2. The van der Waals surface area contributed by atoms with Crippen molar-refractivity contribution in [1.82, 2.24) is 9.55 Å². The van der Waals surface area contributed by atoms with Gasteiger partial charge in [-0.3, -0.25) is 4.79 Å². The average Bonchev–Trinajstić information content (AvgIpc) is 3.53. The molecule has 0 amide bonds. The van der Waals surface area contributed by atoms with E-state index in [0.717, 1.165) is 22.1 Å². The number of carbonyl (C=O) groups excluding carboxylic acids is 1. The molecule has 0 spiro atoms. The molecule has 38 heavy (non-hydrogen) atoms. The highest BCUT2D eigenvalue weighted by Crippen LogP contribution is 2.43. The smallest absolute Gasteiger partial charge is 0.343 e. The average molecular weight is 512 g/mol. The number of benzene rings is 2. The Hall–Kier alpha value is -4.50. The molecule has 3 aliphatic heterocycles. The molecule has 0 saturated carbocycles. The van der Waals surface area contributed by atoms with Crippen molar-refractivity contribution in [2.24, 2.45) is 0 Å². The van der Waals surface area contributed by atoms with Gasteiger partial charge in [-0.15, -0.1) is 0 Å². The van der Waals surface area contributed by atoms with E-state index in [1.165, 1.54) is 12.1 Å². The highest BCUT2D eigenvalue weighted by atomic mass is 19.1. The molecule has 0 bridgehead atoms. The number of aliphatic hydroxyl groups is 1. The fourth-order valence-electron chi connectivity index (χ4n) is 5.44. The summed E-state index contributed by atoms with van der Waals surface area (Å²) < 4.78 is 31.4. The standard InChI is InChI=1S/C29H21FN2O6/c1-2-29(35)21-10-23-26-19(12-32(23)27(33)20(21)13-36-28(29)34)17(8-5-15-3-6-16(30)7-4-15)18-9-24-25(38-14-37-24)11-22(18)31-26/h3-11,35H,2,12-14H2,1H3/b8-5+/t29-/m0/s1. The largest absolute Gasteiger partial charge is 0.458 e. The van der Waals surface area contributed by atoms with Gasteiger partial charge in [0.05, 0.1) is 29.0 Å². The van der Waals surface area contributed by atoms with Crippen molar-refractivity contribution in [1.29, 1.82) is 0 Å². The van der Waals surface area contributed by atoms with Crippen LogP contribution in [0.25, 0.3) is 34.4 Å². The Morgan fingerprint density at radius 2 is 1.82 bits per heavy atom. The minimum Gasteiger partial charge on any atom is -0.458 e. The third-order valence-electron chi connectivity index (χ3n) is 7.54. The molecule has 9 heteroatoms. The molecule has 0 aliphatic carbocycles. The van der Waals surface area contributed by atoms with Gasteiger partial charge in [0.2, 0.25) is 6.79 Å². The first-order valence-electron chi connectivity index (χ1n) is 12.2. The fraction of sp³-hybridized carbons (Fsp3) is 0.207. The number of halogens is 1. The molecular weight excluding hydrogens is 491 g/mol. The molecule has 2 aromatic heterocycles. The van der Waals surface area contributed by atoms with Crippen molar-refractivity contribution in [2.75, 3.05) is 6.79 Å². The molecule has 1 N–H and O–H groups in total. The third-order valence-corrected chi connectivity index (χ3v) is 7.54. The zero-order valence-corrected chi connectivity index (χ0v) is 20.3. The maximum Gasteiger partial charge on any atom is 0.343 e. The van der Waals surface area contributed by atoms with Crippen molar-refractivity contribution in [2.45, 2.75) is 32.1 Å². The summed E-state index contributed by atoms with van der Waals surface area (Å²) in [5, 5.41) is 12.0. The van der Waals surface area contributed by atoms with Crippen LogP contribution < -0.4 is 15.0 Å². The van der Waals surface area contributed by atoms with Gasteiger partial charge in [0.25, 0.3) is 5.56 Å². The van der Waals surface area contributed by atoms with Crippen LogP contribution in [0.15, 0.2) is 47.3 Å². The molecule has 0 unspecified atom stereocenters. The van der Waals surface area contributed by atoms with Crippen LogP contribution in [-0.4, -0.2) is 27.4 Å². The summed E-state index contributed by atoms with van der Waals surface area (Å²) >= 11 is 0. The van der Waals surface area contributed by atoms with E-state index in [1.807, 2.05) is 18.2 Å². The Balaban J connectivity index is 1.48. The number of pyridine rings is 2. The van der Waals surface area contributed by atoms with Crippen LogP contribution in [0.2, 0.25) is 0 Å². The Labute approximate surface area is 215 Å². The number of hydrogen-bond donors (Lipinski definition) is 1. The summed E-state index contributed by atoms with van der Waals surface area (Å²) in [5.41, 5.74) is 2.45. The molecule has 190 valence electrons. The normalized spacial score (nSPS) is 19.0. The van der Waals surface area contributed by atoms with Gasteiger partial charge in [-0.25, -0.2) is 14.2 Å². The van der Waals surface area contributed by atoms with Gasteiger partial charge in [-0.05, 0) is 41.8 Å². The van der Waals surface area contributed by atoms with Crippen LogP contribution in [0.1, 0.15) is 41.2 Å². The maximum atomic E-state index is 13.6. The van der Waals surface area contributed by atoms with Gasteiger partial charge in [-0.2, -0.15) is 0 Å². The Morgan fingerprint density at radius 1 is 1.05 bits per heavy atom. The highest BCUT2D eigenvalue weighted by Gasteiger charge is 2.45. The van der Waals surface area contributed by atoms with E-state index in [2.05, 4.69) is 0 Å². The Kier molecular flexibility index (Phi) is 4.77. The SMILES string of the molecule is CC[C@@]1(O)C(=O)OCc2c1cc1n(c2=O)Cc2c-1nc1cc3c(cc1c2/C=C/c1ccc(F)cc1)OCO3.